The summed E-state index contributed by atoms with van der Waals surface area (Å²) in [4.78, 5) is 12.6. The number of phenolic OH excluding ortho intramolecular Hbond substituents is 1. The predicted molar refractivity (Wildman–Crippen MR) is 80.1 cm³/mol. The van der Waals surface area contributed by atoms with Crippen LogP contribution in [0.2, 0.25) is 0 Å². The fourth-order valence-corrected chi connectivity index (χ4v) is 2.79. The number of thiocarbonyl (C=S) groups is 1. The van der Waals surface area contributed by atoms with Crippen molar-refractivity contribution in [3.8, 4) is 11.5 Å². The van der Waals surface area contributed by atoms with E-state index in [1.807, 2.05) is 0 Å². The van der Waals surface area contributed by atoms with Crippen LogP contribution < -0.4 is 15.8 Å². The molecule has 0 bridgehead atoms. The number of benzene rings is 1. The van der Waals surface area contributed by atoms with Crippen molar-refractivity contribution in [2.45, 2.75) is 31.2 Å². The number of aromatic hydroxyl groups is 1. The third-order valence-corrected chi connectivity index (χ3v) is 4.11. The number of carbonyl (C=O) groups excluding carboxylic acids is 1. The van der Waals surface area contributed by atoms with Gasteiger partial charge in [-0.3, -0.25) is 4.79 Å². The zero-order chi connectivity index (χ0) is 14.8. The van der Waals surface area contributed by atoms with Crippen LogP contribution in [0, 0.1) is 0 Å². The van der Waals surface area contributed by atoms with Gasteiger partial charge in [-0.2, -0.15) is 0 Å². The molecule has 20 heavy (non-hydrogen) atoms. The maximum atomic E-state index is 12.3. The first-order valence-electron chi connectivity index (χ1n) is 6.48. The lowest BCUT2D eigenvalue weighted by atomic mass is 9.97. The van der Waals surface area contributed by atoms with Crippen molar-refractivity contribution in [2.75, 3.05) is 7.11 Å². The van der Waals surface area contributed by atoms with Gasteiger partial charge >= 0.3 is 0 Å². The van der Waals surface area contributed by atoms with Crippen molar-refractivity contribution >= 4 is 23.1 Å². The molecule has 1 fully saturated rings. The third-order valence-electron chi connectivity index (χ3n) is 3.72. The van der Waals surface area contributed by atoms with E-state index in [1.165, 1.54) is 13.2 Å². The first-order chi connectivity index (χ1) is 9.48. The van der Waals surface area contributed by atoms with E-state index in [1.54, 1.807) is 12.1 Å². The zero-order valence-corrected chi connectivity index (χ0v) is 12.1. The second-order valence-electron chi connectivity index (χ2n) is 4.99. The van der Waals surface area contributed by atoms with Gasteiger partial charge in [0.25, 0.3) is 5.91 Å². The van der Waals surface area contributed by atoms with E-state index >= 15 is 0 Å². The number of ether oxygens (including phenoxy) is 1. The number of carbonyl (C=O) groups is 1. The van der Waals surface area contributed by atoms with Gasteiger partial charge in [-0.25, -0.2) is 0 Å². The standard InChI is InChI=1S/C14H18N2O3S/c1-19-11-5-4-9(8-10(11)17)12(18)16-14(13(15)20)6-2-3-7-14/h4-5,8,17H,2-3,6-7H2,1H3,(H2,15,20)(H,16,18). The van der Waals surface area contributed by atoms with Gasteiger partial charge in [0, 0.05) is 5.56 Å². The van der Waals surface area contributed by atoms with Gasteiger partial charge in [0.1, 0.15) is 0 Å². The Hall–Kier alpha value is -1.82. The highest BCUT2D eigenvalue weighted by atomic mass is 32.1. The summed E-state index contributed by atoms with van der Waals surface area (Å²) in [5.41, 5.74) is 5.54. The van der Waals surface area contributed by atoms with Crippen LogP contribution in [0.25, 0.3) is 0 Å². The highest BCUT2D eigenvalue weighted by molar-refractivity contribution is 7.80. The molecule has 0 atom stereocenters. The van der Waals surface area contributed by atoms with Crippen molar-refractivity contribution in [3.05, 3.63) is 23.8 Å². The molecule has 6 heteroatoms. The lowest BCUT2D eigenvalue weighted by molar-refractivity contribution is 0.0924. The van der Waals surface area contributed by atoms with Gasteiger partial charge in [0.2, 0.25) is 0 Å². The monoisotopic (exact) mass is 294 g/mol. The summed E-state index contributed by atoms with van der Waals surface area (Å²) >= 11 is 5.09. The minimum absolute atomic E-state index is 0.0732. The summed E-state index contributed by atoms with van der Waals surface area (Å²) < 4.78 is 4.95. The number of rotatable bonds is 4. The van der Waals surface area contributed by atoms with Crippen LogP contribution in [0.15, 0.2) is 18.2 Å². The fourth-order valence-electron chi connectivity index (χ4n) is 2.53. The lowest BCUT2D eigenvalue weighted by Crippen LogP contribution is -2.54. The summed E-state index contributed by atoms with van der Waals surface area (Å²) in [7, 11) is 1.45. The number of nitrogens with one attached hydrogen (secondary N) is 1. The van der Waals surface area contributed by atoms with E-state index in [0.29, 0.717) is 16.3 Å². The molecule has 1 amide bonds. The van der Waals surface area contributed by atoms with Gasteiger partial charge in [-0.1, -0.05) is 25.1 Å². The first kappa shape index (κ1) is 14.6. The quantitative estimate of drug-likeness (QED) is 0.736. The van der Waals surface area contributed by atoms with Crippen LogP contribution in [-0.4, -0.2) is 28.7 Å². The molecule has 0 radical (unpaired) electrons. The van der Waals surface area contributed by atoms with Gasteiger partial charge in [0.15, 0.2) is 11.5 Å². The molecule has 1 aromatic carbocycles. The van der Waals surface area contributed by atoms with Crippen LogP contribution >= 0.6 is 12.2 Å². The Morgan fingerprint density at radius 1 is 1.45 bits per heavy atom. The number of phenols is 1. The Morgan fingerprint density at radius 3 is 2.60 bits per heavy atom. The molecule has 0 heterocycles. The van der Waals surface area contributed by atoms with E-state index in [9.17, 15) is 9.90 Å². The summed E-state index contributed by atoms with van der Waals surface area (Å²) in [6, 6.07) is 4.51. The van der Waals surface area contributed by atoms with Gasteiger partial charge in [0.05, 0.1) is 17.6 Å². The van der Waals surface area contributed by atoms with E-state index in [-0.39, 0.29) is 11.7 Å². The smallest absolute Gasteiger partial charge is 0.252 e. The predicted octanol–water partition coefficient (Wildman–Crippen LogP) is 1.73. The van der Waals surface area contributed by atoms with E-state index in [0.717, 1.165) is 25.7 Å². The van der Waals surface area contributed by atoms with Gasteiger partial charge in [-0.15, -0.1) is 0 Å². The van der Waals surface area contributed by atoms with Crippen molar-refractivity contribution < 1.29 is 14.6 Å². The molecular formula is C14H18N2O3S. The maximum absolute atomic E-state index is 12.3. The molecule has 1 saturated carbocycles. The Balaban J connectivity index is 2.19. The topological polar surface area (TPSA) is 84.6 Å². The minimum Gasteiger partial charge on any atom is -0.504 e. The molecule has 5 nitrogen and oxygen atoms in total. The molecule has 0 aliphatic heterocycles. The molecule has 1 aromatic rings. The molecule has 1 aliphatic carbocycles. The Bertz CT molecular complexity index is 539. The average molecular weight is 294 g/mol. The second-order valence-corrected chi connectivity index (χ2v) is 5.43. The summed E-state index contributed by atoms with van der Waals surface area (Å²) in [6.45, 7) is 0. The number of methoxy groups -OCH3 is 1. The molecule has 4 N–H and O–H groups in total. The number of nitrogens with two attached hydrogens (primary N) is 1. The van der Waals surface area contributed by atoms with Crippen LogP contribution in [-0.2, 0) is 0 Å². The first-order valence-corrected chi connectivity index (χ1v) is 6.89. The zero-order valence-electron chi connectivity index (χ0n) is 11.3. The SMILES string of the molecule is COc1ccc(C(=O)NC2(C(N)=S)CCCC2)cc1O. The summed E-state index contributed by atoms with van der Waals surface area (Å²) in [5.74, 6) is -0.0416. The fraction of sp³-hybridized carbons (Fsp3) is 0.429. The van der Waals surface area contributed by atoms with Crippen molar-refractivity contribution in [2.24, 2.45) is 5.73 Å². The normalized spacial score (nSPS) is 16.6. The molecule has 1 aliphatic rings. The number of amides is 1. The van der Waals surface area contributed by atoms with E-state index in [2.05, 4.69) is 5.32 Å². The Kier molecular flexibility index (Phi) is 4.13. The Labute approximate surface area is 123 Å². The third kappa shape index (κ3) is 2.70. The van der Waals surface area contributed by atoms with Crippen LogP contribution in [0.5, 0.6) is 11.5 Å². The largest absolute Gasteiger partial charge is 0.504 e. The van der Waals surface area contributed by atoms with Crippen LogP contribution in [0.1, 0.15) is 36.0 Å². The summed E-state index contributed by atoms with van der Waals surface area (Å²) in [5, 5.41) is 12.6. The Morgan fingerprint density at radius 2 is 2.10 bits per heavy atom. The maximum Gasteiger partial charge on any atom is 0.252 e. The highest BCUT2D eigenvalue weighted by Gasteiger charge is 2.38. The average Bonchev–Trinajstić information content (AvgIpc) is 2.88. The molecule has 0 unspecified atom stereocenters. The van der Waals surface area contributed by atoms with Crippen molar-refractivity contribution in [1.82, 2.24) is 5.32 Å². The minimum atomic E-state index is -0.595. The molecular weight excluding hydrogens is 276 g/mol. The summed E-state index contributed by atoms with van der Waals surface area (Å²) in [6.07, 6.45) is 3.50. The highest BCUT2D eigenvalue weighted by Crippen LogP contribution is 2.31. The van der Waals surface area contributed by atoms with Gasteiger partial charge in [-0.05, 0) is 31.0 Å². The second kappa shape index (κ2) is 5.66. The van der Waals surface area contributed by atoms with Crippen LogP contribution in [0.4, 0.5) is 0 Å². The van der Waals surface area contributed by atoms with Crippen LogP contribution in [0.3, 0.4) is 0 Å². The van der Waals surface area contributed by atoms with Crippen molar-refractivity contribution in [1.29, 1.82) is 0 Å². The lowest BCUT2D eigenvalue weighted by Gasteiger charge is -2.29. The van der Waals surface area contributed by atoms with Gasteiger partial charge < -0.3 is 20.9 Å². The molecule has 2 rings (SSSR count). The molecule has 0 spiro atoms. The number of hydrogen-bond donors (Lipinski definition) is 3. The molecule has 108 valence electrons. The molecule has 0 saturated heterocycles. The van der Waals surface area contributed by atoms with E-state index < -0.39 is 5.54 Å². The van der Waals surface area contributed by atoms with E-state index in [4.69, 9.17) is 22.7 Å². The number of hydrogen-bond acceptors (Lipinski definition) is 4. The van der Waals surface area contributed by atoms with Crippen molar-refractivity contribution in [3.63, 3.8) is 0 Å². The molecule has 0 aromatic heterocycles.